The van der Waals surface area contributed by atoms with Gasteiger partial charge in [0.1, 0.15) is 10.6 Å². The van der Waals surface area contributed by atoms with Crippen molar-refractivity contribution in [2.24, 2.45) is 7.05 Å². The van der Waals surface area contributed by atoms with Crippen LogP contribution in [-0.4, -0.2) is 80.1 Å². The van der Waals surface area contributed by atoms with E-state index < -0.39 is 10.0 Å². The maximum absolute atomic E-state index is 12.7. The molecule has 2 aliphatic heterocycles. The highest BCUT2D eigenvalue weighted by atomic mass is 32.2. The molecule has 1 aromatic heterocycles. The molecule has 0 aliphatic carbocycles. The number of aryl methyl sites for hydroxylation is 1. The number of carbonyl (C=O) groups is 1. The molecule has 1 atom stereocenters. The van der Waals surface area contributed by atoms with Gasteiger partial charge in [-0.1, -0.05) is 0 Å². The Labute approximate surface area is 155 Å². The van der Waals surface area contributed by atoms with Crippen LogP contribution in [0.25, 0.3) is 0 Å². The second kappa shape index (κ2) is 8.08. The Hall–Kier alpha value is -1.42. The molecule has 3 heterocycles. The summed E-state index contributed by atoms with van der Waals surface area (Å²) < 4.78 is 33.7. The lowest BCUT2D eigenvalue weighted by Gasteiger charge is -2.32. The SMILES string of the molecule is CC(CNC(=O)c1cc(S(=O)(=O)N2CCCC2)cn1C)N1CCOCC1. The Morgan fingerprint density at radius 3 is 2.54 bits per heavy atom. The molecule has 0 spiro atoms. The first-order chi connectivity index (χ1) is 12.4. The standard InChI is InChI=1S/C17H28N4O4S/c1-14(20-7-9-25-10-8-20)12-18-17(22)16-11-15(13-19(16)2)26(23,24)21-5-3-4-6-21/h11,13-14H,3-10,12H2,1-2H3,(H,18,22). The zero-order valence-corrected chi connectivity index (χ0v) is 16.3. The lowest BCUT2D eigenvalue weighted by atomic mass is 10.2. The molecule has 0 bridgehead atoms. The predicted molar refractivity (Wildman–Crippen MR) is 97.6 cm³/mol. The molecule has 0 saturated carbocycles. The summed E-state index contributed by atoms with van der Waals surface area (Å²) in [5.74, 6) is -0.254. The first-order valence-electron chi connectivity index (χ1n) is 9.16. The van der Waals surface area contributed by atoms with Crippen LogP contribution in [0.15, 0.2) is 17.2 Å². The van der Waals surface area contributed by atoms with Gasteiger partial charge in [0.15, 0.2) is 0 Å². The van der Waals surface area contributed by atoms with E-state index in [1.54, 1.807) is 11.6 Å². The summed E-state index contributed by atoms with van der Waals surface area (Å²) in [6.07, 6.45) is 3.30. The van der Waals surface area contributed by atoms with Gasteiger partial charge in [-0.3, -0.25) is 9.69 Å². The van der Waals surface area contributed by atoms with Crippen LogP contribution in [0.3, 0.4) is 0 Å². The molecule has 8 nitrogen and oxygen atoms in total. The molecular formula is C17H28N4O4S. The van der Waals surface area contributed by atoms with Crippen molar-refractivity contribution in [3.05, 3.63) is 18.0 Å². The highest BCUT2D eigenvalue weighted by molar-refractivity contribution is 7.89. The average Bonchev–Trinajstić information content (AvgIpc) is 3.30. The third-order valence-electron chi connectivity index (χ3n) is 5.14. The summed E-state index contributed by atoms with van der Waals surface area (Å²) >= 11 is 0. The summed E-state index contributed by atoms with van der Waals surface area (Å²) in [6.45, 7) is 6.84. The van der Waals surface area contributed by atoms with Crippen molar-refractivity contribution in [3.8, 4) is 0 Å². The number of rotatable bonds is 6. The van der Waals surface area contributed by atoms with Crippen molar-refractivity contribution >= 4 is 15.9 Å². The van der Waals surface area contributed by atoms with E-state index in [4.69, 9.17) is 4.74 Å². The van der Waals surface area contributed by atoms with Crippen molar-refractivity contribution in [2.45, 2.75) is 30.7 Å². The third-order valence-corrected chi connectivity index (χ3v) is 7.01. The van der Waals surface area contributed by atoms with E-state index in [1.165, 1.54) is 16.6 Å². The Morgan fingerprint density at radius 2 is 1.88 bits per heavy atom. The van der Waals surface area contributed by atoms with Crippen LogP contribution in [0.2, 0.25) is 0 Å². The monoisotopic (exact) mass is 384 g/mol. The fourth-order valence-corrected chi connectivity index (χ4v) is 5.05. The van der Waals surface area contributed by atoms with E-state index in [0.29, 0.717) is 38.5 Å². The number of sulfonamides is 1. The van der Waals surface area contributed by atoms with Crippen LogP contribution in [0.1, 0.15) is 30.3 Å². The van der Waals surface area contributed by atoms with Crippen LogP contribution in [0, 0.1) is 0 Å². The van der Waals surface area contributed by atoms with Gasteiger partial charge in [-0.25, -0.2) is 8.42 Å². The lowest BCUT2D eigenvalue weighted by molar-refractivity contribution is 0.0204. The summed E-state index contributed by atoms with van der Waals surface area (Å²) in [4.78, 5) is 15.0. The van der Waals surface area contributed by atoms with Gasteiger partial charge in [0, 0.05) is 52.0 Å². The maximum Gasteiger partial charge on any atom is 0.267 e. The number of amides is 1. The predicted octanol–water partition coefficient (Wildman–Crippen LogP) is 0.260. The van der Waals surface area contributed by atoms with E-state index >= 15 is 0 Å². The van der Waals surface area contributed by atoms with Crippen molar-refractivity contribution in [1.29, 1.82) is 0 Å². The van der Waals surface area contributed by atoms with Gasteiger partial charge >= 0.3 is 0 Å². The van der Waals surface area contributed by atoms with Crippen LogP contribution < -0.4 is 5.32 Å². The van der Waals surface area contributed by atoms with E-state index in [2.05, 4.69) is 17.1 Å². The smallest absolute Gasteiger partial charge is 0.267 e. The Balaban J connectivity index is 1.63. The number of hydrogen-bond donors (Lipinski definition) is 1. The molecule has 2 aliphatic rings. The summed E-state index contributed by atoms with van der Waals surface area (Å²) in [6, 6.07) is 1.68. The number of morpholine rings is 1. The van der Waals surface area contributed by atoms with Crippen molar-refractivity contribution < 1.29 is 17.9 Å². The summed E-state index contributed by atoms with van der Waals surface area (Å²) in [5.41, 5.74) is 0.358. The molecule has 146 valence electrons. The average molecular weight is 385 g/mol. The molecule has 1 amide bonds. The van der Waals surface area contributed by atoms with E-state index in [9.17, 15) is 13.2 Å². The minimum atomic E-state index is -3.51. The van der Waals surface area contributed by atoms with Crippen molar-refractivity contribution in [3.63, 3.8) is 0 Å². The minimum absolute atomic E-state index is 0.188. The molecule has 0 aromatic carbocycles. The van der Waals surface area contributed by atoms with Crippen LogP contribution in [0.5, 0.6) is 0 Å². The fraction of sp³-hybridized carbons (Fsp3) is 0.706. The highest BCUT2D eigenvalue weighted by Crippen LogP contribution is 2.22. The van der Waals surface area contributed by atoms with Gasteiger partial charge in [-0.2, -0.15) is 4.31 Å². The molecule has 3 rings (SSSR count). The van der Waals surface area contributed by atoms with Gasteiger partial charge in [-0.05, 0) is 25.8 Å². The van der Waals surface area contributed by atoms with E-state index in [1.807, 2.05) is 0 Å². The lowest BCUT2D eigenvalue weighted by Crippen LogP contribution is -2.47. The Morgan fingerprint density at radius 1 is 1.23 bits per heavy atom. The molecule has 9 heteroatoms. The summed E-state index contributed by atoms with van der Waals surface area (Å²) in [5, 5.41) is 2.92. The fourth-order valence-electron chi connectivity index (χ4n) is 3.46. The number of hydrogen-bond acceptors (Lipinski definition) is 5. The topological polar surface area (TPSA) is 83.9 Å². The van der Waals surface area contributed by atoms with Gasteiger partial charge in [0.25, 0.3) is 5.91 Å². The molecule has 1 unspecified atom stereocenters. The number of carbonyl (C=O) groups excluding carboxylic acids is 1. The second-order valence-electron chi connectivity index (χ2n) is 6.99. The van der Waals surface area contributed by atoms with Gasteiger partial charge in [0.2, 0.25) is 10.0 Å². The first-order valence-corrected chi connectivity index (χ1v) is 10.6. The maximum atomic E-state index is 12.7. The number of aromatic nitrogens is 1. The van der Waals surface area contributed by atoms with Crippen LogP contribution >= 0.6 is 0 Å². The minimum Gasteiger partial charge on any atom is -0.379 e. The van der Waals surface area contributed by atoms with Crippen LogP contribution in [0.4, 0.5) is 0 Å². The van der Waals surface area contributed by atoms with E-state index in [0.717, 1.165) is 25.9 Å². The van der Waals surface area contributed by atoms with E-state index in [-0.39, 0.29) is 16.8 Å². The quantitative estimate of drug-likeness (QED) is 0.761. The Kier molecular flexibility index (Phi) is 6.01. The largest absolute Gasteiger partial charge is 0.379 e. The van der Waals surface area contributed by atoms with Gasteiger partial charge in [0.05, 0.1) is 13.2 Å². The van der Waals surface area contributed by atoms with Crippen molar-refractivity contribution in [1.82, 2.24) is 19.1 Å². The normalized spacial score (nSPS) is 21.0. The van der Waals surface area contributed by atoms with Crippen molar-refractivity contribution in [2.75, 3.05) is 45.9 Å². The number of ether oxygens (including phenoxy) is 1. The third kappa shape index (κ3) is 4.11. The molecule has 1 N–H and O–H groups in total. The first kappa shape index (κ1) is 19.3. The molecule has 26 heavy (non-hydrogen) atoms. The van der Waals surface area contributed by atoms with Crippen LogP contribution in [-0.2, 0) is 21.8 Å². The molecule has 1 aromatic rings. The highest BCUT2D eigenvalue weighted by Gasteiger charge is 2.29. The zero-order chi connectivity index (χ0) is 18.7. The molecule has 2 fully saturated rings. The molecule has 0 radical (unpaired) electrons. The molecule has 2 saturated heterocycles. The molecular weight excluding hydrogens is 356 g/mol. The number of nitrogens with zero attached hydrogens (tertiary/aromatic N) is 3. The van der Waals surface area contributed by atoms with Gasteiger partial charge < -0.3 is 14.6 Å². The Bertz CT molecular complexity index is 734. The zero-order valence-electron chi connectivity index (χ0n) is 15.5. The second-order valence-corrected chi connectivity index (χ2v) is 8.93. The van der Waals surface area contributed by atoms with Gasteiger partial charge in [-0.15, -0.1) is 0 Å². The number of nitrogens with one attached hydrogen (secondary N) is 1. The summed E-state index contributed by atoms with van der Waals surface area (Å²) in [7, 11) is -1.81.